The maximum Gasteiger partial charge on any atom is 0.226 e. The van der Waals surface area contributed by atoms with Gasteiger partial charge in [0.15, 0.2) is 0 Å². The summed E-state index contributed by atoms with van der Waals surface area (Å²) in [6, 6.07) is 5.67. The van der Waals surface area contributed by atoms with Gasteiger partial charge in [-0.25, -0.2) is 0 Å². The highest BCUT2D eigenvalue weighted by molar-refractivity contribution is 8.00. The van der Waals surface area contributed by atoms with Crippen LogP contribution >= 0.6 is 35.8 Å². The van der Waals surface area contributed by atoms with Gasteiger partial charge in [0.2, 0.25) is 5.91 Å². The van der Waals surface area contributed by atoms with Crippen LogP contribution in [0.3, 0.4) is 0 Å². The first-order valence-corrected chi connectivity index (χ1v) is 8.38. The molecule has 1 unspecified atom stereocenters. The lowest BCUT2D eigenvalue weighted by molar-refractivity contribution is -0.117. The van der Waals surface area contributed by atoms with Crippen LogP contribution < -0.4 is 10.6 Å². The highest BCUT2D eigenvalue weighted by Crippen LogP contribution is 2.36. The zero-order chi connectivity index (χ0) is 15.2. The summed E-state index contributed by atoms with van der Waals surface area (Å²) >= 11 is 7.90. The molecule has 7 heteroatoms. The molecule has 1 aromatic carbocycles. The van der Waals surface area contributed by atoms with Gasteiger partial charge in [0.25, 0.3) is 0 Å². The van der Waals surface area contributed by atoms with Crippen molar-refractivity contribution < 1.29 is 9.53 Å². The molecule has 1 atom stereocenters. The van der Waals surface area contributed by atoms with E-state index in [4.69, 9.17) is 16.3 Å². The van der Waals surface area contributed by atoms with Crippen molar-refractivity contribution in [2.75, 3.05) is 25.1 Å². The average Bonchev–Trinajstić information content (AvgIpc) is 2.43. The zero-order valence-corrected chi connectivity index (χ0v) is 15.1. The largest absolute Gasteiger partial charge is 0.378 e. The first kappa shape index (κ1) is 19.6. The molecular formula is C15H22Cl2N2O2S. The Kier molecular flexibility index (Phi) is 8.57. The minimum atomic E-state index is -0.0223. The van der Waals surface area contributed by atoms with Crippen molar-refractivity contribution >= 4 is 47.4 Å². The van der Waals surface area contributed by atoms with Crippen LogP contribution in [0, 0.1) is 0 Å². The molecule has 1 aliphatic rings. The summed E-state index contributed by atoms with van der Waals surface area (Å²) in [6.07, 6.45) is 0.401. The second kappa shape index (κ2) is 9.63. The van der Waals surface area contributed by atoms with Gasteiger partial charge in [-0.15, -0.1) is 24.2 Å². The number of thioether (sulfide) groups is 1. The summed E-state index contributed by atoms with van der Waals surface area (Å²) in [5.41, 5.74) is 0.780. The van der Waals surface area contributed by atoms with Gasteiger partial charge in [0, 0.05) is 29.2 Å². The van der Waals surface area contributed by atoms with Crippen LogP contribution in [0.25, 0.3) is 0 Å². The predicted molar refractivity (Wildman–Crippen MR) is 95.5 cm³/mol. The maximum absolute atomic E-state index is 12.2. The smallest absolute Gasteiger partial charge is 0.226 e. The minimum absolute atomic E-state index is 0. The molecule has 0 bridgehead atoms. The molecule has 2 rings (SSSR count). The second-order valence-electron chi connectivity index (χ2n) is 5.26. The third-order valence-electron chi connectivity index (χ3n) is 3.02. The Morgan fingerprint density at radius 1 is 1.55 bits per heavy atom. The van der Waals surface area contributed by atoms with Gasteiger partial charge in [-0.2, -0.15) is 0 Å². The van der Waals surface area contributed by atoms with Crippen LogP contribution in [0.15, 0.2) is 23.1 Å². The van der Waals surface area contributed by atoms with Crippen LogP contribution in [0.4, 0.5) is 5.69 Å². The van der Waals surface area contributed by atoms with E-state index in [9.17, 15) is 4.79 Å². The van der Waals surface area contributed by atoms with Crippen LogP contribution in [0.5, 0.6) is 0 Å². The molecule has 124 valence electrons. The lowest BCUT2D eigenvalue weighted by Crippen LogP contribution is -2.43. The summed E-state index contributed by atoms with van der Waals surface area (Å²) in [7, 11) is 0. The normalized spacial score (nSPS) is 17.9. The van der Waals surface area contributed by atoms with Crippen LogP contribution in [-0.4, -0.2) is 37.0 Å². The number of hydrogen-bond acceptors (Lipinski definition) is 4. The highest BCUT2D eigenvalue weighted by atomic mass is 35.5. The van der Waals surface area contributed by atoms with Gasteiger partial charge in [0.05, 0.1) is 23.9 Å². The van der Waals surface area contributed by atoms with Gasteiger partial charge in [-0.05, 0) is 12.1 Å². The van der Waals surface area contributed by atoms with Crippen molar-refractivity contribution in [1.82, 2.24) is 5.32 Å². The number of anilines is 1. The van der Waals surface area contributed by atoms with Gasteiger partial charge in [0.1, 0.15) is 0 Å². The summed E-state index contributed by atoms with van der Waals surface area (Å²) in [5, 5.41) is 7.31. The van der Waals surface area contributed by atoms with E-state index >= 15 is 0 Å². The molecule has 0 saturated carbocycles. The van der Waals surface area contributed by atoms with Crippen LogP contribution in [-0.2, 0) is 9.53 Å². The van der Waals surface area contributed by atoms with Crippen molar-refractivity contribution in [1.29, 1.82) is 0 Å². The number of ether oxygens (including phenoxy) is 1. The Morgan fingerprint density at radius 2 is 2.32 bits per heavy atom. The van der Waals surface area contributed by atoms with Crippen molar-refractivity contribution in [2.24, 2.45) is 0 Å². The SMILES string of the molecule is CC(C)Sc1c(Cl)cccc1NC(=O)CC1COCCN1.Cl. The molecule has 22 heavy (non-hydrogen) atoms. The predicted octanol–water partition coefficient (Wildman–Crippen LogP) is 3.58. The number of rotatable bonds is 5. The van der Waals surface area contributed by atoms with Crippen LogP contribution in [0.2, 0.25) is 5.02 Å². The number of carbonyl (C=O) groups excluding carboxylic acids is 1. The third kappa shape index (κ3) is 5.97. The Morgan fingerprint density at radius 3 is 2.95 bits per heavy atom. The molecule has 0 spiro atoms. The molecule has 0 aliphatic carbocycles. The summed E-state index contributed by atoms with van der Waals surface area (Å²) < 4.78 is 5.36. The highest BCUT2D eigenvalue weighted by Gasteiger charge is 2.18. The number of benzene rings is 1. The minimum Gasteiger partial charge on any atom is -0.378 e. The van der Waals surface area contributed by atoms with Gasteiger partial charge in [-0.1, -0.05) is 31.5 Å². The van der Waals surface area contributed by atoms with E-state index in [1.165, 1.54) is 0 Å². The molecule has 1 heterocycles. The molecule has 4 nitrogen and oxygen atoms in total. The van der Waals surface area contributed by atoms with Gasteiger partial charge < -0.3 is 15.4 Å². The molecule has 1 aliphatic heterocycles. The van der Waals surface area contributed by atoms with Crippen molar-refractivity contribution in [2.45, 2.75) is 36.5 Å². The van der Waals surface area contributed by atoms with E-state index in [2.05, 4.69) is 24.5 Å². The van der Waals surface area contributed by atoms with Gasteiger partial charge in [-0.3, -0.25) is 4.79 Å². The Bertz CT molecular complexity index is 494. The van der Waals surface area contributed by atoms with E-state index in [0.717, 1.165) is 17.1 Å². The lowest BCUT2D eigenvalue weighted by Gasteiger charge is -2.23. The maximum atomic E-state index is 12.2. The van der Waals surface area contributed by atoms with Gasteiger partial charge >= 0.3 is 0 Å². The van der Waals surface area contributed by atoms with E-state index in [0.29, 0.717) is 29.9 Å². The van der Waals surface area contributed by atoms with Crippen LogP contribution in [0.1, 0.15) is 20.3 Å². The fraction of sp³-hybridized carbons (Fsp3) is 0.533. The monoisotopic (exact) mass is 364 g/mol. The van der Waals surface area contributed by atoms with Crippen molar-refractivity contribution in [3.63, 3.8) is 0 Å². The second-order valence-corrected chi connectivity index (χ2v) is 7.26. The lowest BCUT2D eigenvalue weighted by atomic mass is 10.2. The Hall–Kier alpha value is -0.460. The third-order valence-corrected chi connectivity index (χ3v) is 4.60. The molecular weight excluding hydrogens is 343 g/mol. The quantitative estimate of drug-likeness (QED) is 0.784. The average molecular weight is 365 g/mol. The van der Waals surface area contributed by atoms with E-state index in [1.807, 2.05) is 18.2 Å². The molecule has 2 N–H and O–H groups in total. The summed E-state index contributed by atoms with van der Waals surface area (Å²) in [6.45, 7) is 6.29. The van der Waals surface area contributed by atoms with Crippen molar-refractivity contribution in [3.05, 3.63) is 23.2 Å². The first-order chi connectivity index (χ1) is 10.1. The Labute approximate surface area is 147 Å². The zero-order valence-electron chi connectivity index (χ0n) is 12.7. The number of halogens is 2. The molecule has 1 fully saturated rings. The molecule has 0 radical (unpaired) electrons. The number of hydrogen-bond donors (Lipinski definition) is 2. The number of amides is 1. The fourth-order valence-electron chi connectivity index (χ4n) is 2.14. The molecule has 1 amide bonds. The standard InChI is InChI=1S/C15H21ClN2O2S.ClH/c1-10(2)21-15-12(16)4-3-5-13(15)18-14(19)8-11-9-20-7-6-17-11;/h3-5,10-11,17H,6-9H2,1-2H3,(H,18,19);1H. The number of nitrogens with one attached hydrogen (secondary N) is 2. The summed E-state index contributed by atoms with van der Waals surface area (Å²) in [4.78, 5) is 13.1. The van der Waals surface area contributed by atoms with E-state index in [-0.39, 0.29) is 24.4 Å². The van der Waals surface area contributed by atoms with E-state index < -0.39 is 0 Å². The topological polar surface area (TPSA) is 50.4 Å². The molecule has 1 aromatic rings. The first-order valence-electron chi connectivity index (χ1n) is 7.12. The summed E-state index contributed by atoms with van der Waals surface area (Å²) in [5.74, 6) is -0.0223. The molecule has 1 saturated heterocycles. The van der Waals surface area contributed by atoms with E-state index in [1.54, 1.807) is 11.8 Å². The molecule has 0 aromatic heterocycles. The fourth-order valence-corrected chi connectivity index (χ4v) is 3.34. The Balaban J connectivity index is 0.00000242. The number of carbonyl (C=O) groups is 1. The van der Waals surface area contributed by atoms with Crippen molar-refractivity contribution in [3.8, 4) is 0 Å². The number of morpholine rings is 1.